The fourth-order valence-electron chi connectivity index (χ4n) is 4.02. The van der Waals surface area contributed by atoms with E-state index in [1.807, 2.05) is 34.9 Å². The Morgan fingerprint density at radius 3 is 2.62 bits per heavy atom. The predicted octanol–water partition coefficient (Wildman–Crippen LogP) is 2.38. The minimum Gasteiger partial charge on any atom is -0.369 e. The average molecular weight is 415 g/mol. The number of rotatable bonds is 3. The summed E-state index contributed by atoms with van der Waals surface area (Å²) in [6.07, 6.45) is 0.923. The molecule has 1 N–H and O–H groups in total. The van der Waals surface area contributed by atoms with Gasteiger partial charge in [0.25, 0.3) is 0 Å². The zero-order valence-electron chi connectivity index (χ0n) is 14.7. The van der Waals surface area contributed by atoms with Gasteiger partial charge < -0.3 is 15.1 Å². The van der Waals surface area contributed by atoms with E-state index in [0.29, 0.717) is 16.1 Å². The van der Waals surface area contributed by atoms with E-state index in [0.717, 1.165) is 63.0 Å². The van der Waals surface area contributed by atoms with Gasteiger partial charge >= 0.3 is 0 Å². The van der Waals surface area contributed by atoms with Crippen molar-refractivity contribution >= 4 is 46.6 Å². The van der Waals surface area contributed by atoms with Gasteiger partial charge in [-0.05, 0) is 24.6 Å². The van der Waals surface area contributed by atoms with Gasteiger partial charge in [0.05, 0.1) is 22.0 Å². The summed E-state index contributed by atoms with van der Waals surface area (Å²) >= 11 is 14.0. The van der Waals surface area contributed by atoms with Crippen LogP contribution in [0.25, 0.3) is 0 Å². The van der Waals surface area contributed by atoms with Crippen LogP contribution >= 0.6 is 35.0 Å². The van der Waals surface area contributed by atoms with Gasteiger partial charge in [-0.2, -0.15) is 0 Å². The molecule has 3 heterocycles. The number of amides is 1. The number of benzene rings is 1. The van der Waals surface area contributed by atoms with E-state index < -0.39 is 0 Å². The second-order valence-electron chi connectivity index (χ2n) is 7.11. The van der Waals surface area contributed by atoms with Gasteiger partial charge in [0.1, 0.15) is 0 Å². The third kappa shape index (κ3) is 3.94. The Kier molecular flexibility index (Phi) is 5.86. The van der Waals surface area contributed by atoms with Crippen LogP contribution in [-0.4, -0.2) is 78.7 Å². The number of carbonyl (C=O) groups excluding carboxylic acids is 1. The quantitative estimate of drug-likeness (QED) is 0.821. The van der Waals surface area contributed by atoms with E-state index in [1.165, 1.54) is 0 Å². The number of anilines is 1. The zero-order valence-corrected chi connectivity index (χ0v) is 17.0. The molecular weight excluding hydrogens is 391 g/mol. The first-order valence-electron chi connectivity index (χ1n) is 9.16. The van der Waals surface area contributed by atoms with Crippen LogP contribution < -0.4 is 10.2 Å². The Morgan fingerprint density at radius 1 is 1.12 bits per heavy atom. The Hall–Kier alpha value is -0.660. The molecule has 0 bridgehead atoms. The highest BCUT2D eigenvalue weighted by Crippen LogP contribution is 2.28. The van der Waals surface area contributed by atoms with Crippen molar-refractivity contribution in [3.05, 3.63) is 28.2 Å². The molecule has 0 aliphatic carbocycles. The maximum absolute atomic E-state index is 12.6. The molecule has 0 radical (unpaired) electrons. The third-order valence-electron chi connectivity index (χ3n) is 5.57. The van der Waals surface area contributed by atoms with E-state index >= 15 is 0 Å². The molecule has 0 aromatic heterocycles. The third-order valence-corrected chi connectivity index (χ3v) is 7.27. The standard InChI is InChI=1S/C18H24Cl2N4OS/c19-15-2-1-13(9-16(15)20)22-3-5-23(6-4-22)14-10-17(21-11-14)18(25)24-7-8-26-12-24/h1-2,9,14,17,21H,3-8,10-12H2/t14-,17-/m0/s1. The summed E-state index contributed by atoms with van der Waals surface area (Å²) < 4.78 is 0. The lowest BCUT2D eigenvalue weighted by atomic mass is 10.1. The maximum Gasteiger partial charge on any atom is 0.240 e. The summed E-state index contributed by atoms with van der Waals surface area (Å²) in [5.41, 5.74) is 1.13. The van der Waals surface area contributed by atoms with E-state index in [9.17, 15) is 4.79 Å². The van der Waals surface area contributed by atoms with Gasteiger partial charge in [0.2, 0.25) is 5.91 Å². The average Bonchev–Trinajstić information content (AvgIpc) is 3.36. The predicted molar refractivity (Wildman–Crippen MR) is 109 cm³/mol. The van der Waals surface area contributed by atoms with Crippen molar-refractivity contribution in [2.75, 3.05) is 55.8 Å². The smallest absolute Gasteiger partial charge is 0.240 e. The first-order chi connectivity index (χ1) is 12.6. The number of halogens is 2. The van der Waals surface area contributed by atoms with E-state index in [2.05, 4.69) is 15.1 Å². The number of carbonyl (C=O) groups is 1. The second kappa shape index (κ2) is 8.15. The maximum atomic E-state index is 12.6. The number of hydrogen-bond donors (Lipinski definition) is 1. The van der Waals surface area contributed by atoms with Crippen LogP contribution in [0.1, 0.15) is 6.42 Å². The zero-order chi connectivity index (χ0) is 18.1. The molecule has 1 aromatic carbocycles. The van der Waals surface area contributed by atoms with Gasteiger partial charge in [-0.25, -0.2) is 0 Å². The molecular formula is C18H24Cl2N4OS. The molecule has 1 aromatic rings. The molecule has 8 heteroatoms. The molecule has 3 aliphatic rings. The molecule has 5 nitrogen and oxygen atoms in total. The van der Waals surface area contributed by atoms with Gasteiger partial charge in [-0.3, -0.25) is 9.69 Å². The summed E-state index contributed by atoms with van der Waals surface area (Å²) in [7, 11) is 0. The number of hydrogen-bond acceptors (Lipinski definition) is 5. The summed E-state index contributed by atoms with van der Waals surface area (Å²) in [4.78, 5) is 19.4. The highest BCUT2D eigenvalue weighted by Gasteiger charge is 2.36. The van der Waals surface area contributed by atoms with Crippen LogP contribution in [0.15, 0.2) is 18.2 Å². The Morgan fingerprint density at radius 2 is 1.92 bits per heavy atom. The molecule has 0 unspecified atom stereocenters. The van der Waals surface area contributed by atoms with Crippen molar-refractivity contribution in [1.82, 2.24) is 15.1 Å². The minimum absolute atomic E-state index is 0.00759. The Labute approximate surface area is 169 Å². The van der Waals surface area contributed by atoms with Crippen molar-refractivity contribution in [1.29, 1.82) is 0 Å². The van der Waals surface area contributed by atoms with Gasteiger partial charge in [0.15, 0.2) is 0 Å². The highest BCUT2D eigenvalue weighted by atomic mass is 35.5. The number of nitrogens with one attached hydrogen (secondary N) is 1. The number of nitrogens with zero attached hydrogens (tertiary/aromatic N) is 3. The lowest BCUT2D eigenvalue weighted by Crippen LogP contribution is -2.51. The molecule has 0 saturated carbocycles. The Balaban J connectivity index is 1.29. The first-order valence-corrected chi connectivity index (χ1v) is 11.1. The largest absolute Gasteiger partial charge is 0.369 e. The van der Waals surface area contributed by atoms with Crippen molar-refractivity contribution in [2.45, 2.75) is 18.5 Å². The molecule has 3 fully saturated rings. The summed E-state index contributed by atoms with van der Waals surface area (Å²) in [5, 5.41) is 4.65. The minimum atomic E-state index is -0.00759. The summed E-state index contributed by atoms with van der Waals surface area (Å²) in [6.45, 7) is 5.75. The van der Waals surface area contributed by atoms with Crippen molar-refractivity contribution in [3.8, 4) is 0 Å². The van der Waals surface area contributed by atoms with E-state index in [4.69, 9.17) is 23.2 Å². The summed E-state index contributed by atoms with van der Waals surface area (Å²) in [6, 6.07) is 6.28. The van der Waals surface area contributed by atoms with E-state index in [1.54, 1.807) is 0 Å². The van der Waals surface area contributed by atoms with Crippen LogP contribution in [0.3, 0.4) is 0 Å². The topological polar surface area (TPSA) is 38.8 Å². The van der Waals surface area contributed by atoms with Crippen LogP contribution in [0, 0.1) is 0 Å². The van der Waals surface area contributed by atoms with Crippen LogP contribution in [0.2, 0.25) is 10.0 Å². The summed E-state index contributed by atoms with van der Waals surface area (Å²) in [5.74, 6) is 2.20. The van der Waals surface area contributed by atoms with Gasteiger partial charge in [-0.1, -0.05) is 23.2 Å². The fourth-order valence-corrected chi connectivity index (χ4v) is 5.27. The number of piperazine rings is 1. The molecule has 2 atom stereocenters. The molecule has 3 aliphatic heterocycles. The molecule has 4 rings (SSSR count). The van der Waals surface area contributed by atoms with Gasteiger partial charge in [-0.15, -0.1) is 11.8 Å². The van der Waals surface area contributed by atoms with Crippen molar-refractivity contribution in [3.63, 3.8) is 0 Å². The normalized spacial score (nSPS) is 27.3. The van der Waals surface area contributed by atoms with Crippen molar-refractivity contribution < 1.29 is 4.79 Å². The lowest BCUT2D eigenvalue weighted by Gasteiger charge is -2.39. The molecule has 0 spiro atoms. The molecule has 1 amide bonds. The van der Waals surface area contributed by atoms with Crippen LogP contribution in [0.5, 0.6) is 0 Å². The fraction of sp³-hybridized carbons (Fsp3) is 0.611. The molecule has 142 valence electrons. The first kappa shape index (κ1) is 18.7. The monoisotopic (exact) mass is 414 g/mol. The van der Waals surface area contributed by atoms with E-state index in [-0.39, 0.29) is 11.9 Å². The van der Waals surface area contributed by atoms with Crippen LogP contribution in [0.4, 0.5) is 5.69 Å². The van der Waals surface area contributed by atoms with Crippen molar-refractivity contribution in [2.24, 2.45) is 0 Å². The van der Waals surface area contributed by atoms with Gasteiger partial charge in [0, 0.05) is 56.8 Å². The Bertz CT molecular complexity index is 663. The molecule has 26 heavy (non-hydrogen) atoms. The van der Waals surface area contributed by atoms with Crippen LogP contribution in [-0.2, 0) is 4.79 Å². The molecule has 3 saturated heterocycles. The number of thioether (sulfide) groups is 1. The lowest BCUT2D eigenvalue weighted by molar-refractivity contribution is -0.131. The second-order valence-corrected chi connectivity index (χ2v) is 9.00. The SMILES string of the molecule is O=C([C@@H]1C[C@H](N2CCN(c3ccc(Cl)c(Cl)c3)CC2)CN1)N1CCSC1. The highest BCUT2D eigenvalue weighted by molar-refractivity contribution is 7.99.